The SMILES string of the molecule is C[C@H]1CCN1C(=O)c1coc(Cc2ccc(-n3nccn3)cn2)n1. The van der Waals surface area contributed by atoms with E-state index in [0.29, 0.717) is 18.0 Å². The van der Waals surface area contributed by atoms with Crippen LogP contribution in [0.1, 0.15) is 35.4 Å². The Morgan fingerprint density at radius 2 is 2.17 bits per heavy atom. The summed E-state index contributed by atoms with van der Waals surface area (Å²) in [6.07, 6.45) is 7.79. The smallest absolute Gasteiger partial charge is 0.276 e. The molecule has 0 N–H and O–H groups in total. The average Bonchev–Trinajstić information content (AvgIpc) is 3.26. The molecule has 0 unspecified atom stereocenters. The molecule has 8 heteroatoms. The summed E-state index contributed by atoms with van der Waals surface area (Å²) in [5, 5.41) is 8.10. The minimum atomic E-state index is -0.0724. The molecule has 0 saturated carbocycles. The average molecular weight is 324 g/mol. The van der Waals surface area contributed by atoms with Gasteiger partial charge in [-0.3, -0.25) is 9.78 Å². The number of aromatic nitrogens is 5. The summed E-state index contributed by atoms with van der Waals surface area (Å²) in [5.74, 6) is 0.404. The van der Waals surface area contributed by atoms with Crippen LogP contribution in [0.3, 0.4) is 0 Å². The molecule has 0 aliphatic carbocycles. The van der Waals surface area contributed by atoms with Gasteiger partial charge >= 0.3 is 0 Å². The molecule has 0 aromatic carbocycles. The van der Waals surface area contributed by atoms with Crippen molar-refractivity contribution in [3.8, 4) is 5.69 Å². The third kappa shape index (κ3) is 2.66. The third-order valence-corrected chi connectivity index (χ3v) is 4.14. The topological polar surface area (TPSA) is 89.9 Å². The second kappa shape index (κ2) is 5.88. The number of hydrogen-bond acceptors (Lipinski definition) is 6. The predicted octanol–water partition coefficient (Wildman–Crippen LogP) is 1.48. The number of oxazole rings is 1. The maximum absolute atomic E-state index is 12.3. The van der Waals surface area contributed by atoms with Crippen molar-refractivity contribution in [3.63, 3.8) is 0 Å². The van der Waals surface area contributed by atoms with E-state index in [2.05, 4.69) is 20.2 Å². The standard InChI is InChI=1S/C16H16N6O2/c1-11-4-7-21(11)16(23)14-10-24-15(20-14)8-12-2-3-13(9-17-12)22-18-5-6-19-22/h2-3,5-6,9-11H,4,7-8H2,1H3/t11-/m0/s1. The van der Waals surface area contributed by atoms with Gasteiger partial charge in [0.25, 0.3) is 5.91 Å². The zero-order valence-corrected chi connectivity index (χ0v) is 13.2. The van der Waals surface area contributed by atoms with Crippen LogP contribution in [0.25, 0.3) is 5.69 Å². The minimum absolute atomic E-state index is 0.0724. The van der Waals surface area contributed by atoms with Crippen LogP contribution in [0.2, 0.25) is 0 Å². The van der Waals surface area contributed by atoms with Crippen LogP contribution in [-0.4, -0.2) is 48.4 Å². The van der Waals surface area contributed by atoms with Crippen molar-refractivity contribution in [2.45, 2.75) is 25.8 Å². The number of hydrogen-bond donors (Lipinski definition) is 0. The van der Waals surface area contributed by atoms with Crippen molar-refractivity contribution in [1.82, 2.24) is 29.9 Å². The number of rotatable bonds is 4. The van der Waals surface area contributed by atoms with Gasteiger partial charge in [-0.2, -0.15) is 15.0 Å². The normalized spacial score (nSPS) is 16.9. The minimum Gasteiger partial charge on any atom is -0.448 e. The fourth-order valence-electron chi connectivity index (χ4n) is 2.60. The van der Waals surface area contributed by atoms with E-state index in [0.717, 1.165) is 24.3 Å². The molecular weight excluding hydrogens is 308 g/mol. The second-order valence-electron chi connectivity index (χ2n) is 5.77. The van der Waals surface area contributed by atoms with Crippen molar-refractivity contribution in [3.05, 3.63) is 54.3 Å². The van der Waals surface area contributed by atoms with Gasteiger partial charge in [-0.05, 0) is 25.5 Å². The molecule has 3 aromatic heterocycles. The molecule has 1 atom stereocenters. The fraction of sp³-hybridized carbons (Fsp3) is 0.312. The van der Waals surface area contributed by atoms with Crippen LogP contribution in [0.5, 0.6) is 0 Å². The van der Waals surface area contributed by atoms with E-state index in [4.69, 9.17) is 4.42 Å². The molecule has 4 heterocycles. The summed E-state index contributed by atoms with van der Waals surface area (Å²) >= 11 is 0. The van der Waals surface area contributed by atoms with E-state index < -0.39 is 0 Å². The molecule has 8 nitrogen and oxygen atoms in total. The first-order valence-corrected chi connectivity index (χ1v) is 7.78. The van der Waals surface area contributed by atoms with E-state index in [1.54, 1.807) is 23.5 Å². The second-order valence-corrected chi connectivity index (χ2v) is 5.77. The van der Waals surface area contributed by atoms with Gasteiger partial charge in [0.05, 0.1) is 25.0 Å². The Labute approximate surface area is 138 Å². The lowest BCUT2D eigenvalue weighted by atomic mass is 10.1. The quantitative estimate of drug-likeness (QED) is 0.722. The highest BCUT2D eigenvalue weighted by molar-refractivity contribution is 5.92. The Bertz CT molecular complexity index is 840. The zero-order valence-electron chi connectivity index (χ0n) is 13.2. The van der Waals surface area contributed by atoms with Crippen molar-refractivity contribution in [2.24, 2.45) is 0 Å². The molecule has 1 aliphatic rings. The molecule has 0 bridgehead atoms. The number of nitrogens with zero attached hydrogens (tertiary/aromatic N) is 6. The number of pyridine rings is 1. The number of carbonyl (C=O) groups excluding carboxylic acids is 1. The molecule has 1 amide bonds. The first kappa shape index (κ1) is 14.6. The van der Waals surface area contributed by atoms with E-state index in [-0.39, 0.29) is 11.9 Å². The molecule has 122 valence electrons. The largest absolute Gasteiger partial charge is 0.448 e. The zero-order chi connectivity index (χ0) is 16.5. The molecule has 24 heavy (non-hydrogen) atoms. The van der Waals surface area contributed by atoms with Gasteiger partial charge in [0.15, 0.2) is 5.69 Å². The monoisotopic (exact) mass is 324 g/mol. The maximum atomic E-state index is 12.3. The summed E-state index contributed by atoms with van der Waals surface area (Å²) in [7, 11) is 0. The highest BCUT2D eigenvalue weighted by Crippen LogP contribution is 2.20. The Kier molecular flexibility index (Phi) is 3.56. The van der Waals surface area contributed by atoms with Gasteiger partial charge in [-0.15, -0.1) is 0 Å². The van der Waals surface area contributed by atoms with Crippen molar-refractivity contribution >= 4 is 5.91 Å². The molecule has 0 radical (unpaired) electrons. The van der Waals surface area contributed by atoms with Crippen LogP contribution < -0.4 is 0 Å². The van der Waals surface area contributed by atoms with Crippen LogP contribution in [-0.2, 0) is 6.42 Å². The van der Waals surface area contributed by atoms with E-state index in [1.807, 2.05) is 19.1 Å². The van der Waals surface area contributed by atoms with Crippen LogP contribution in [0, 0.1) is 0 Å². The Morgan fingerprint density at radius 1 is 1.33 bits per heavy atom. The first-order valence-electron chi connectivity index (χ1n) is 7.78. The van der Waals surface area contributed by atoms with E-state index >= 15 is 0 Å². The molecule has 1 fully saturated rings. The summed E-state index contributed by atoms with van der Waals surface area (Å²) in [5.41, 5.74) is 1.93. The third-order valence-electron chi connectivity index (χ3n) is 4.14. The van der Waals surface area contributed by atoms with Gasteiger partial charge < -0.3 is 9.32 Å². The molecule has 0 spiro atoms. The van der Waals surface area contributed by atoms with Crippen molar-refractivity contribution in [1.29, 1.82) is 0 Å². The molecule has 3 aromatic rings. The lowest BCUT2D eigenvalue weighted by Gasteiger charge is -2.38. The van der Waals surface area contributed by atoms with Gasteiger partial charge in [0.1, 0.15) is 12.0 Å². The number of amides is 1. The summed E-state index contributed by atoms with van der Waals surface area (Å²) in [6.45, 7) is 2.81. The molecule has 1 saturated heterocycles. The highest BCUT2D eigenvalue weighted by Gasteiger charge is 2.30. The molecule has 1 aliphatic heterocycles. The van der Waals surface area contributed by atoms with Gasteiger partial charge in [0, 0.05) is 18.3 Å². The highest BCUT2D eigenvalue weighted by atomic mass is 16.3. The molecule has 4 rings (SSSR count). The number of carbonyl (C=O) groups is 1. The van der Waals surface area contributed by atoms with E-state index in [1.165, 1.54) is 11.1 Å². The summed E-state index contributed by atoms with van der Waals surface area (Å²) in [6, 6.07) is 4.02. The first-order chi connectivity index (χ1) is 11.7. The lowest BCUT2D eigenvalue weighted by Crippen LogP contribution is -2.49. The van der Waals surface area contributed by atoms with Crippen LogP contribution in [0.4, 0.5) is 0 Å². The lowest BCUT2D eigenvalue weighted by molar-refractivity contribution is 0.0496. The molecular formula is C16H16N6O2. The van der Waals surface area contributed by atoms with Gasteiger partial charge in [0.2, 0.25) is 5.89 Å². The number of likely N-dealkylation sites (tertiary alicyclic amines) is 1. The predicted molar refractivity (Wildman–Crippen MR) is 83.6 cm³/mol. The van der Waals surface area contributed by atoms with E-state index in [9.17, 15) is 4.79 Å². The van der Waals surface area contributed by atoms with Gasteiger partial charge in [-0.1, -0.05) is 0 Å². The summed E-state index contributed by atoms with van der Waals surface area (Å²) in [4.78, 5) is 24.2. The van der Waals surface area contributed by atoms with Crippen LogP contribution >= 0.6 is 0 Å². The van der Waals surface area contributed by atoms with Crippen LogP contribution in [0.15, 0.2) is 41.4 Å². The summed E-state index contributed by atoms with van der Waals surface area (Å²) < 4.78 is 5.42. The Balaban J connectivity index is 1.45. The Morgan fingerprint density at radius 3 is 2.79 bits per heavy atom. The van der Waals surface area contributed by atoms with Gasteiger partial charge in [-0.25, -0.2) is 4.98 Å². The Hall–Kier alpha value is -3.03. The fourth-order valence-corrected chi connectivity index (χ4v) is 2.60. The maximum Gasteiger partial charge on any atom is 0.276 e. The van der Waals surface area contributed by atoms with Crippen molar-refractivity contribution in [2.75, 3.05) is 6.54 Å². The van der Waals surface area contributed by atoms with Crippen molar-refractivity contribution < 1.29 is 9.21 Å².